The molecule has 0 bridgehead atoms. The second-order valence-corrected chi connectivity index (χ2v) is 13.7. The Morgan fingerprint density at radius 2 is 1.50 bits per heavy atom. The number of fused-ring (bicyclic) bond motifs is 3. The molecule has 42 heavy (non-hydrogen) atoms. The van der Waals surface area contributed by atoms with Crippen LogP contribution in [0, 0.1) is 3.57 Å². The first-order valence-electron chi connectivity index (χ1n) is 12.5. The molecule has 1 aliphatic heterocycles. The van der Waals surface area contributed by atoms with Gasteiger partial charge in [-0.2, -0.15) is 26.3 Å². The third-order valence-corrected chi connectivity index (χ3v) is 11.4. The van der Waals surface area contributed by atoms with Crippen LogP contribution in [0.4, 0.5) is 36.4 Å². The lowest BCUT2D eigenvalue weighted by atomic mass is 9.76. The van der Waals surface area contributed by atoms with Crippen molar-refractivity contribution in [2.75, 3.05) is 11.4 Å². The van der Waals surface area contributed by atoms with Crippen molar-refractivity contribution >= 4 is 44.1 Å². The Morgan fingerprint density at radius 3 is 2.05 bits per heavy atom. The lowest BCUT2D eigenvalue weighted by molar-refractivity contribution is -0.348. The van der Waals surface area contributed by atoms with Crippen molar-refractivity contribution in [3.8, 4) is 0 Å². The van der Waals surface area contributed by atoms with Crippen molar-refractivity contribution in [3.05, 3.63) is 92.6 Å². The number of halogens is 8. The average molecular weight is 727 g/mol. The smallest absolute Gasteiger partial charge is 0.435 e. The van der Waals surface area contributed by atoms with Crippen LogP contribution in [0.3, 0.4) is 0 Å². The summed E-state index contributed by atoms with van der Waals surface area (Å²) in [6.07, 6.45) is -12.8. The molecule has 224 valence electrons. The van der Waals surface area contributed by atoms with Crippen molar-refractivity contribution < 1.29 is 49.1 Å². The van der Waals surface area contributed by atoms with E-state index in [2.05, 4.69) is 0 Å². The second-order valence-electron chi connectivity index (χ2n) is 10.2. The standard InChI is InChI=1S/C28H21F7INO4S/c29-26(27(30,31)32,28(33,34)35)18-4-11-22-17(15-18)3-12-23-25(22,42(40,41)21-9-5-19(36)6-10-21)13-14-37(23)20-7-1-16(2-8-20)24(38)39/h1-2,4-11,15,23H,3,12-14H2,(H,38,39)/t23-,25-/m1/s1. The molecule has 1 fully saturated rings. The minimum Gasteiger partial charge on any atom is -0.478 e. The number of aromatic carboxylic acids is 1. The van der Waals surface area contributed by atoms with E-state index in [0.29, 0.717) is 17.8 Å². The molecule has 0 amide bonds. The summed E-state index contributed by atoms with van der Waals surface area (Å²) in [4.78, 5) is 13.0. The van der Waals surface area contributed by atoms with Gasteiger partial charge in [-0.15, -0.1) is 0 Å². The van der Waals surface area contributed by atoms with Crippen LogP contribution in [0.5, 0.6) is 0 Å². The molecule has 0 aromatic heterocycles. The maximum Gasteiger partial charge on any atom is 0.435 e. The van der Waals surface area contributed by atoms with Crippen molar-refractivity contribution in [2.24, 2.45) is 0 Å². The number of benzene rings is 3. The van der Waals surface area contributed by atoms with Gasteiger partial charge in [0.1, 0.15) is 4.75 Å². The summed E-state index contributed by atoms with van der Waals surface area (Å²) in [5.74, 6) is -1.16. The van der Waals surface area contributed by atoms with Crippen LogP contribution in [0.2, 0.25) is 0 Å². The van der Waals surface area contributed by atoms with Gasteiger partial charge in [-0.3, -0.25) is 0 Å². The third-order valence-electron chi connectivity index (χ3n) is 8.12. The van der Waals surface area contributed by atoms with Gasteiger partial charge in [-0.25, -0.2) is 17.6 Å². The molecule has 0 radical (unpaired) electrons. The number of carboxylic acid groups (broad SMARTS) is 1. The van der Waals surface area contributed by atoms with Gasteiger partial charge < -0.3 is 10.0 Å². The fourth-order valence-corrected chi connectivity index (χ4v) is 8.89. The Labute approximate surface area is 249 Å². The lowest BCUT2D eigenvalue weighted by Crippen LogP contribution is -2.52. The van der Waals surface area contributed by atoms with E-state index in [4.69, 9.17) is 0 Å². The first-order valence-corrected chi connectivity index (χ1v) is 15.1. The van der Waals surface area contributed by atoms with E-state index in [0.717, 1.165) is 9.64 Å². The van der Waals surface area contributed by atoms with Gasteiger partial charge in [0.2, 0.25) is 0 Å². The highest BCUT2D eigenvalue weighted by Gasteiger charge is 2.73. The molecule has 5 rings (SSSR count). The molecular formula is C28H21F7INO4S. The molecule has 0 unspecified atom stereocenters. The molecule has 0 spiro atoms. The zero-order chi connectivity index (χ0) is 30.9. The van der Waals surface area contributed by atoms with Crippen LogP contribution in [0.25, 0.3) is 0 Å². The molecule has 1 N–H and O–H groups in total. The van der Waals surface area contributed by atoms with Gasteiger partial charge in [-0.05, 0) is 102 Å². The first kappa shape index (κ1) is 30.6. The summed E-state index contributed by atoms with van der Waals surface area (Å²) in [6, 6.07) is 12.6. The van der Waals surface area contributed by atoms with Crippen LogP contribution in [0.15, 0.2) is 71.6 Å². The monoisotopic (exact) mass is 727 g/mol. The largest absolute Gasteiger partial charge is 0.478 e. The number of carboxylic acids is 1. The quantitative estimate of drug-likeness (QED) is 0.223. The number of sulfone groups is 1. The van der Waals surface area contributed by atoms with Crippen molar-refractivity contribution in [3.63, 3.8) is 0 Å². The number of carbonyl (C=O) groups is 1. The number of rotatable bonds is 5. The number of nitrogens with zero attached hydrogens (tertiary/aromatic N) is 1. The summed E-state index contributed by atoms with van der Waals surface area (Å²) >= 11 is 1.99. The van der Waals surface area contributed by atoms with E-state index in [9.17, 15) is 49.1 Å². The lowest BCUT2D eigenvalue weighted by Gasteiger charge is -2.43. The second kappa shape index (κ2) is 10.1. The number of alkyl halides is 7. The highest BCUT2D eigenvalue weighted by atomic mass is 127. The maximum atomic E-state index is 15.0. The topological polar surface area (TPSA) is 74.7 Å². The molecular weight excluding hydrogens is 706 g/mol. The predicted octanol–water partition coefficient (Wildman–Crippen LogP) is 7.17. The van der Waals surface area contributed by atoms with Gasteiger partial charge >= 0.3 is 24.0 Å². The van der Waals surface area contributed by atoms with E-state index >= 15 is 0 Å². The molecule has 2 atom stereocenters. The molecule has 5 nitrogen and oxygen atoms in total. The number of hydrogen-bond acceptors (Lipinski definition) is 4. The SMILES string of the molecule is O=C(O)c1ccc(N2CC[C@@]3(S(=O)(=O)c4ccc(I)cc4)c4ccc(C(F)(C(F)(F)F)C(F)(F)F)cc4CC[C@@H]23)cc1. The Hall–Kier alpha value is -2.88. The van der Waals surface area contributed by atoms with E-state index in [-0.39, 0.29) is 47.4 Å². The fourth-order valence-electron chi connectivity index (χ4n) is 6.16. The van der Waals surface area contributed by atoms with Crippen molar-refractivity contribution in [1.82, 2.24) is 0 Å². The maximum absolute atomic E-state index is 15.0. The molecule has 1 heterocycles. The van der Waals surface area contributed by atoms with Crippen molar-refractivity contribution in [1.29, 1.82) is 0 Å². The number of hydrogen-bond donors (Lipinski definition) is 1. The van der Waals surface area contributed by atoms with Crippen LogP contribution >= 0.6 is 22.6 Å². The molecule has 1 aliphatic carbocycles. The van der Waals surface area contributed by atoms with Gasteiger partial charge in [0.15, 0.2) is 9.84 Å². The van der Waals surface area contributed by atoms with Crippen LogP contribution < -0.4 is 4.90 Å². The Kier molecular flexibility index (Phi) is 7.35. The summed E-state index contributed by atoms with van der Waals surface area (Å²) in [5.41, 5.74) is -6.92. The van der Waals surface area contributed by atoms with E-state index in [1.165, 1.54) is 36.4 Å². The molecule has 14 heteroatoms. The van der Waals surface area contributed by atoms with E-state index in [1.54, 1.807) is 17.0 Å². The minimum atomic E-state index is -6.31. The normalized spacial score (nSPS) is 21.1. The Balaban J connectivity index is 1.71. The van der Waals surface area contributed by atoms with Gasteiger partial charge in [-0.1, -0.05) is 18.2 Å². The van der Waals surface area contributed by atoms with E-state index < -0.39 is 50.2 Å². The summed E-state index contributed by atoms with van der Waals surface area (Å²) < 4.78 is 124. The van der Waals surface area contributed by atoms with E-state index in [1.807, 2.05) is 22.6 Å². The minimum absolute atomic E-state index is 0.00118. The zero-order valence-corrected chi connectivity index (χ0v) is 24.3. The van der Waals surface area contributed by atoms with Gasteiger partial charge in [0.25, 0.3) is 0 Å². The van der Waals surface area contributed by atoms with Gasteiger partial charge in [0.05, 0.1) is 16.5 Å². The fraction of sp³-hybridized carbons (Fsp3) is 0.321. The van der Waals surface area contributed by atoms with Crippen LogP contribution in [-0.2, 0) is 26.7 Å². The van der Waals surface area contributed by atoms with Crippen LogP contribution in [0.1, 0.15) is 39.9 Å². The summed E-state index contributed by atoms with van der Waals surface area (Å²) in [5, 5.41) is 9.25. The van der Waals surface area contributed by atoms with Crippen molar-refractivity contribution in [2.45, 2.75) is 53.0 Å². The highest BCUT2D eigenvalue weighted by molar-refractivity contribution is 14.1. The van der Waals surface area contributed by atoms with Crippen LogP contribution in [-0.4, -0.2) is 44.4 Å². The Bertz CT molecular complexity index is 1630. The molecule has 3 aromatic carbocycles. The Morgan fingerprint density at radius 1 is 0.905 bits per heavy atom. The highest BCUT2D eigenvalue weighted by Crippen LogP contribution is 2.57. The first-order chi connectivity index (χ1) is 19.4. The molecule has 2 aliphatic rings. The van der Waals surface area contributed by atoms with Gasteiger partial charge in [0, 0.05) is 21.4 Å². The summed E-state index contributed by atoms with van der Waals surface area (Å²) in [7, 11) is -4.34. The zero-order valence-electron chi connectivity index (χ0n) is 21.3. The molecule has 0 saturated carbocycles. The summed E-state index contributed by atoms with van der Waals surface area (Å²) in [6.45, 7) is 0.139. The average Bonchev–Trinajstić information content (AvgIpc) is 3.33. The number of aryl methyl sites for hydroxylation is 1. The predicted molar refractivity (Wildman–Crippen MR) is 147 cm³/mol. The molecule has 1 saturated heterocycles. The third kappa shape index (κ3) is 4.47. The molecule has 3 aromatic rings. The number of anilines is 1.